The van der Waals surface area contributed by atoms with E-state index in [0.717, 1.165) is 33.8 Å². The summed E-state index contributed by atoms with van der Waals surface area (Å²) in [5, 5.41) is 8.89. The van der Waals surface area contributed by atoms with Crippen molar-refractivity contribution in [1.29, 1.82) is 0 Å². The van der Waals surface area contributed by atoms with Crippen molar-refractivity contribution in [3.05, 3.63) is 41.9 Å². The summed E-state index contributed by atoms with van der Waals surface area (Å²) in [4.78, 5) is 11.2. The van der Waals surface area contributed by atoms with Gasteiger partial charge in [0.05, 0.1) is 17.6 Å². The van der Waals surface area contributed by atoms with Gasteiger partial charge in [-0.1, -0.05) is 6.07 Å². The number of hydrogen-bond acceptors (Lipinski definition) is 5. The third kappa shape index (κ3) is 3.18. The van der Waals surface area contributed by atoms with Gasteiger partial charge in [0.2, 0.25) is 0 Å². The molecule has 6 nitrogen and oxygen atoms in total. The van der Waals surface area contributed by atoms with Gasteiger partial charge in [-0.2, -0.15) is 5.10 Å². The fraction of sp³-hybridized carbons (Fsp3) is 0.389. The smallest absolute Gasteiger partial charge is 0.157 e. The molecule has 3 rings (SSSR count). The van der Waals surface area contributed by atoms with Crippen LogP contribution in [0.3, 0.4) is 0 Å². The van der Waals surface area contributed by atoms with E-state index in [1.54, 1.807) is 0 Å². The topological polar surface area (TPSA) is 58.9 Å². The number of fused-ring (bicyclic) bond motifs is 1. The van der Waals surface area contributed by atoms with E-state index in [0.29, 0.717) is 12.6 Å². The Bertz CT molecular complexity index is 835. The molecule has 0 aliphatic rings. The summed E-state index contributed by atoms with van der Waals surface area (Å²) in [6.45, 7) is 7.02. The predicted octanol–water partition coefficient (Wildman–Crippen LogP) is 3.13. The minimum Gasteiger partial charge on any atom is -0.380 e. The lowest BCUT2D eigenvalue weighted by Gasteiger charge is -2.22. The first-order valence-electron chi connectivity index (χ1n) is 8.16. The molecular formula is C18H24N6. The molecule has 3 heterocycles. The van der Waals surface area contributed by atoms with E-state index in [2.05, 4.69) is 64.4 Å². The number of nitrogens with zero attached hydrogens (tertiary/aromatic N) is 5. The summed E-state index contributed by atoms with van der Waals surface area (Å²) in [5.74, 6) is 0.989. The lowest BCUT2D eigenvalue weighted by atomic mass is 10.2. The molecule has 0 amide bonds. The van der Waals surface area contributed by atoms with E-state index in [-0.39, 0.29) is 0 Å². The molecule has 0 atom stereocenters. The highest BCUT2D eigenvalue weighted by molar-refractivity contribution is 5.81. The van der Waals surface area contributed by atoms with Gasteiger partial charge in [0, 0.05) is 38.3 Å². The molecule has 24 heavy (non-hydrogen) atoms. The monoisotopic (exact) mass is 324 g/mol. The van der Waals surface area contributed by atoms with Crippen LogP contribution in [0.15, 0.2) is 30.6 Å². The molecule has 0 saturated carbocycles. The normalized spacial score (nSPS) is 11.2. The van der Waals surface area contributed by atoms with Crippen LogP contribution >= 0.6 is 0 Å². The zero-order valence-electron chi connectivity index (χ0n) is 14.9. The van der Waals surface area contributed by atoms with Gasteiger partial charge in [-0.15, -0.1) is 0 Å². The Kier molecular flexibility index (Phi) is 4.38. The van der Waals surface area contributed by atoms with Crippen LogP contribution in [-0.4, -0.2) is 32.8 Å². The van der Waals surface area contributed by atoms with Gasteiger partial charge in [-0.25, -0.2) is 9.97 Å². The van der Waals surface area contributed by atoms with Crippen LogP contribution in [0, 0.1) is 6.92 Å². The largest absolute Gasteiger partial charge is 0.380 e. The van der Waals surface area contributed by atoms with Gasteiger partial charge in [-0.3, -0.25) is 4.68 Å². The zero-order valence-corrected chi connectivity index (χ0v) is 14.9. The SMILES string of the molecule is Cc1nn(C)c2ncc(NCc3ccc(N(C)C(C)C)nc3)cc12. The number of aromatic nitrogens is 4. The van der Waals surface area contributed by atoms with Gasteiger partial charge in [-0.05, 0) is 38.5 Å². The van der Waals surface area contributed by atoms with Crippen molar-refractivity contribution < 1.29 is 0 Å². The lowest BCUT2D eigenvalue weighted by Crippen LogP contribution is -2.26. The molecule has 6 heteroatoms. The molecule has 0 radical (unpaired) electrons. The molecule has 126 valence electrons. The van der Waals surface area contributed by atoms with Crippen LogP contribution in [0.25, 0.3) is 11.0 Å². The summed E-state index contributed by atoms with van der Waals surface area (Å²) >= 11 is 0. The average molecular weight is 324 g/mol. The summed E-state index contributed by atoms with van der Waals surface area (Å²) in [7, 11) is 3.97. The number of anilines is 2. The number of aryl methyl sites for hydroxylation is 2. The van der Waals surface area contributed by atoms with E-state index < -0.39 is 0 Å². The van der Waals surface area contributed by atoms with Crippen LogP contribution < -0.4 is 10.2 Å². The molecular weight excluding hydrogens is 300 g/mol. The zero-order chi connectivity index (χ0) is 17.3. The Hall–Kier alpha value is -2.63. The Balaban J connectivity index is 1.70. The number of pyridine rings is 2. The molecule has 0 aromatic carbocycles. The summed E-state index contributed by atoms with van der Waals surface area (Å²) < 4.78 is 1.81. The Morgan fingerprint density at radius 2 is 2.00 bits per heavy atom. The van der Waals surface area contributed by atoms with E-state index >= 15 is 0 Å². The first-order chi connectivity index (χ1) is 11.5. The van der Waals surface area contributed by atoms with Gasteiger partial charge < -0.3 is 10.2 Å². The number of hydrogen-bond donors (Lipinski definition) is 1. The third-order valence-corrected chi connectivity index (χ3v) is 4.30. The molecule has 0 unspecified atom stereocenters. The standard InChI is InChI=1S/C18H24N6/c1-12(2)23(4)17-7-6-14(10-20-17)9-19-15-8-16-13(3)22-24(5)18(16)21-11-15/h6-8,10-12,19H,9H2,1-5H3. The van der Waals surface area contributed by atoms with Crippen molar-refractivity contribution in [2.75, 3.05) is 17.3 Å². The van der Waals surface area contributed by atoms with Crippen molar-refractivity contribution in [3.63, 3.8) is 0 Å². The van der Waals surface area contributed by atoms with Crippen molar-refractivity contribution in [2.24, 2.45) is 7.05 Å². The van der Waals surface area contributed by atoms with Crippen molar-refractivity contribution in [3.8, 4) is 0 Å². The first-order valence-corrected chi connectivity index (χ1v) is 8.16. The van der Waals surface area contributed by atoms with Crippen LogP contribution in [0.5, 0.6) is 0 Å². The molecule has 0 bridgehead atoms. The van der Waals surface area contributed by atoms with E-state index in [1.165, 1.54) is 0 Å². The fourth-order valence-electron chi connectivity index (χ4n) is 2.60. The minimum absolute atomic E-state index is 0.432. The van der Waals surface area contributed by atoms with Crippen molar-refractivity contribution in [2.45, 2.75) is 33.4 Å². The third-order valence-electron chi connectivity index (χ3n) is 4.30. The van der Waals surface area contributed by atoms with Crippen molar-refractivity contribution >= 4 is 22.5 Å². The maximum Gasteiger partial charge on any atom is 0.157 e. The average Bonchev–Trinajstić information content (AvgIpc) is 2.86. The second-order valence-electron chi connectivity index (χ2n) is 6.39. The molecule has 3 aromatic rings. The molecule has 0 fully saturated rings. The maximum absolute atomic E-state index is 4.54. The van der Waals surface area contributed by atoms with Crippen LogP contribution in [0.4, 0.5) is 11.5 Å². The molecule has 0 spiro atoms. The summed E-state index contributed by atoms with van der Waals surface area (Å²) in [5.41, 5.74) is 4.02. The quantitative estimate of drug-likeness (QED) is 0.781. The molecule has 3 aromatic heterocycles. The van der Waals surface area contributed by atoms with Crippen LogP contribution in [0.1, 0.15) is 25.1 Å². The summed E-state index contributed by atoms with van der Waals surface area (Å²) in [6.07, 6.45) is 3.76. The number of rotatable bonds is 5. The minimum atomic E-state index is 0.432. The van der Waals surface area contributed by atoms with Gasteiger partial charge >= 0.3 is 0 Å². The molecule has 0 aliphatic heterocycles. The Morgan fingerprint density at radius 3 is 2.67 bits per heavy atom. The van der Waals surface area contributed by atoms with E-state index in [1.807, 2.05) is 31.0 Å². The van der Waals surface area contributed by atoms with Crippen LogP contribution in [0.2, 0.25) is 0 Å². The molecule has 0 saturated heterocycles. The van der Waals surface area contributed by atoms with Gasteiger partial charge in [0.15, 0.2) is 5.65 Å². The Labute approximate surface area is 142 Å². The molecule has 1 N–H and O–H groups in total. The molecule has 0 aliphatic carbocycles. The highest BCUT2D eigenvalue weighted by Gasteiger charge is 2.08. The van der Waals surface area contributed by atoms with E-state index in [9.17, 15) is 0 Å². The Morgan fingerprint density at radius 1 is 1.21 bits per heavy atom. The first kappa shape index (κ1) is 16.2. The van der Waals surface area contributed by atoms with E-state index in [4.69, 9.17) is 0 Å². The lowest BCUT2D eigenvalue weighted by molar-refractivity contribution is 0.742. The second kappa shape index (κ2) is 6.47. The van der Waals surface area contributed by atoms with Crippen molar-refractivity contribution in [1.82, 2.24) is 19.7 Å². The van der Waals surface area contributed by atoms with Gasteiger partial charge in [0.1, 0.15) is 5.82 Å². The maximum atomic E-state index is 4.54. The fourth-order valence-corrected chi connectivity index (χ4v) is 2.60. The predicted molar refractivity (Wildman–Crippen MR) is 98.3 cm³/mol. The summed E-state index contributed by atoms with van der Waals surface area (Å²) in [6, 6.07) is 6.69. The number of nitrogens with one attached hydrogen (secondary N) is 1. The highest BCUT2D eigenvalue weighted by Crippen LogP contribution is 2.20. The highest BCUT2D eigenvalue weighted by atomic mass is 15.3. The second-order valence-corrected chi connectivity index (χ2v) is 6.39. The van der Waals surface area contributed by atoms with Crippen LogP contribution in [-0.2, 0) is 13.6 Å². The van der Waals surface area contributed by atoms with Gasteiger partial charge in [0.25, 0.3) is 0 Å².